The maximum Gasteiger partial charge on any atom is 0.402 e. The SMILES string of the molecule is CCN(CC)C(=O)CN1CCC(N(CC(F)(F)F)S(C)(=O)=O)CC1. The minimum absolute atomic E-state index is 0.0197. The highest BCUT2D eigenvalue weighted by Crippen LogP contribution is 2.25. The molecule has 1 rings (SSSR count). The van der Waals surface area contributed by atoms with Crippen LogP contribution in [0.3, 0.4) is 0 Å². The second-order valence-corrected chi connectivity index (χ2v) is 7.93. The molecule has 10 heteroatoms. The lowest BCUT2D eigenvalue weighted by Gasteiger charge is -2.37. The molecule has 0 aromatic rings. The van der Waals surface area contributed by atoms with Crippen molar-refractivity contribution < 1.29 is 26.4 Å². The number of hydrogen-bond donors (Lipinski definition) is 0. The van der Waals surface area contributed by atoms with Crippen molar-refractivity contribution in [3.05, 3.63) is 0 Å². The van der Waals surface area contributed by atoms with Gasteiger partial charge in [-0.15, -0.1) is 0 Å². The predicted octanol–water partition coefficient (Wildman–Crippen LogP) is 1.14. The van der Waals surface area contributed by atoms with Crippen molar-refractivity contribution in [2.75, 3.05) is 45.5 Å². The zero-order valence-electron chi connectivity index (χ0n) is 14.3. The van der Waals surface area contributed by atoms with Crippen LogP contribution < -0.4 is 0 Å². The number of rotatable bonds is 7. The van der Waals surface area contributed by atoms with Crippen molar-refractivity contribution in [2.45, 2.75) is 38.9 Å². The van der Waals surface area contributed by atoms with Crippen molar-refractivity contribution in [1.82, 2.24) is 14.1 Å². The first-order chi connectivity index (χ1) is 11.0. The van der Waals surface area contributed by atoms with E-state index in [1.165, 1.54) is 0 Å². The summed E-state index contributed by atoms with van der Waals surface area (Å²) in [5.41, 5.74) is 0. The lowest BCUT2D eigenvalue weighted by molar-refractivity contribution is -0.140. The highest BCUT2D eigenvalue weighted by Gasteiger charge is 2.39. The number of likely N-dealkylation sites (N-methyl/N-ethyl adjacent to an activating group) is 1. The maximum atomic E-state index is 12.6. The first kappa shape index (κ1) is 21.2. The highest BCUT2D eigenvalue weighted by molar-refractivity contribution is 7.88. The van der Waals surface area contributed by atoms with Gasteiger partial charge in [0.05, 0.1) is 12.8 Å². The summed E-state index contributed by atoms with van der Waals surface area (Å²) in [6, 6.07) is -0.679. The predicted molar refractivity (Wildman–Crippen MR) is 85.0 cm³/mol. The van der Waals surface area contributed by atoms with Crippen molar-refractivity contribution in [3.63, 3.8) is 0 Å². The average molecular weight is 373 g/mol. The van der Waals surface area contributed by atoms with Gasteiger partial charge in [-0.25, -0.2) is 8.42 Å². The fourth-order valence-corrected chi connectivity index (χ4v) is 4.06. The third-order valence-electron chi connectivity index (χ3n) is 4.20. The number of nitrogens with zero attached hydrogens (tertiary/aromatic N) is 3. The molecule has 142 valence electrons. The Kier molecular flexibility index (Phi) is 7.48. The Morgan fingerprint density at radius 3 is 2.04 bits per heavy atom. The van der Waals surface area contributed by atoms with Crippen LogP contribution >= 0.6 is 0 Å². The number of carbonyl (C=O) groups is 1. The van der Waals surface area contributed by atoms with E-state index in [-0.39, 0.29) is 25.3 Å². The molecule has 6 nitrogen and oxygen atoms in total. The summed E-state index contributed by atoms with van der Waals surface area (Å²) < 4.78 is 61.8. The summed E-state index contributed by atoms with van der Waals surface area (Å²) in [5, 5.41) is 0. The van der Waals surface area contributed by atoms with Crippen molar-refractivity contribution in [3.8, 4) is 0 Å². The summed E-state index contributed by atoms with van der Waals surface area (Å²) in [6.07, 6.45) is -3.20. The van der Waals surface area contributed by atoms with Crippen molar-refractivity contribution in [2.24, 2.45) is 0 Å². The van der Waals surface area contributed by atoms with Gasteiger partial charge in [0.25, 0.3) is 0 Å². The molecule has 0 N–H and O–H groups in total. The smallest absolute Gasteiger partial charge is 0.342 e. The van der Waals surface area contributed by atoms with Gasteiger partial charge in [0.2, 0.25) is 15.9 Å². The van der Waals surface area contributed by atoms with Gasteiger partial charge in [0.1, 0.15) is 6.54 Å². The molecule has 0 aliphatic carbocycles. The number of sulfonamides is 1. The number of piperidine rings is 1. The molecule has 1 fully saturated rings. The Balaban J connectivity index is 2.64. The molecule has 0 radical (unpaired) electrons. The van der Waals surface area contributed by atoms with Crippen LogP contribution in [0.1, 0.15) is 26.7 Å². The second kappa shape index (κ2) is 8.48. The van der Waals surface area contributed by atoms with Crippen LogP contribution in [-0.4, -0.2) is 86.2 Å². The molecule has 1 amide bonds. The minimum atomic E-state index is -4.57. The van der Waals surface area contributed by atoms with Gasteiger partial charge in [-0.1, -0.05) is 0 Å². The molecule has 0 atom stereocenters. The van der Waals surface area contributed by atoms with Gasteiger partial charge in [0, 0.05) is 32.2 Å². The number of likely N-dealkylation sites (tertiary alicyclic amines) is 1. The van der Waals surface area contributed by atoms with E-state index in [0.29, 0.717) is 30.5 Å². The third kappa shape index (κ3) is 6.56. The second-order valence-electron chi connectivity index (χ2n) is 6.00. The largest absolute Gasteiger partial charge is 0.402 e. The van der Waals surface area contributed by atoms with E-state index in [9.17, 15) is 26.4 Å². The van der Waals surface area contributed by atoms with Crippen LogP contribution in [0, 0.1) is 0 Å². The molecule has 0 unspecified atom stereocenters. The Labute approximate surface area is 141 Å². The van der Waals surface area contributed by atoms with E-state index in [0.717, 1.165) is 6.26 Å². The molecule has 0 aromatic carbocycles. The van der Waals surface area contributed by atoms with Crippen LogP contribution in [0.25, 0.3) is 0 Å². The Bertz CT molecular complexity index is 513. The van der Waals surface area contributed by atoms with E-state index in [2.05, 4.69) is 0 Å². The van der Waals surface area contributed by atoms with Gasteiger partial charge in [-0.05, 0) is 26.7 Å². The fourth-order valence-electron chi connectivity index (χ4n) is 2.93. The summed E-state index contributed by atoms with van der Waals surface area (Å²) in [5.74, 6) is -0.0197. The van der Waals surface area contributed by atoms with Crippen LogP contribution in [0.2, 0.25) is 0 Å². The minimum Gasteiger partial charge on any atom is -0.342 e. The zero-order chi connectivity index (χ0) is 18.5. The fraction of sp³-hybridized carbons (Fsp3) is 0.929. The topological polar surface area (TPSA) is 60.9 Å². The number of hydrogen-bond acceptors (Lipinski definition) is 4. The van der Waals surface area contributed by atoms with Crippen molar-refractivity contribution >= 4 is 15.9 Å². The van der Waals surface area contributed by atoms with Crippen LogP contribution in [-0.2, 0) is 14.8 Å². The summed E-state index contributed by atoms with van der Waals surface area (Å²) in [4.78, 5) is 15.6. The van der Waals surface area contributed by atoms with Crippen LogP contribution in [0.15, 0.2) is 0 Å². The van der Waals surface area contributed by atoms with Gasteiger partial charge < -0.3 is 4.90 Å². The summed E-state index contributed by atoms with van der Waals surface area (Å²) in [6.45, 7) is 4.55. The Morgan fingerprint density at radius 2 is 1.67 bits per heavy atom. The molecule has 1 aliphatic rings. The Morgan fingerprint density at radius 1 is 1.17 bits per heavy atom. The molecular formula is C14H26F3N3O3S. The first-order valence-corrected chi connectivity index (χ1v) is 9.86. The monoisotopic (exact) mass is 373 g/mol. The molecule has 0 saturated carbocycles. The first-order valence-electron chi connectivity index (χ1n) is 8.01. The summed E-state index contributed by atoms with van der Waals surface area (Å²) >= 11 is 0. The lowest BCUT2D eigenvalue weighted by atomic mass is 10.0. The number of alkyl halides is 3. The van der Waals surface area contributed by atoms with E-state index in [4.69, 9.17) is 0 Å². The average Bonchev–Trinajstić information content (AvgIpc) is 2.45. The van der Waals surface area contributed by atoms with E-state index in [1.807, 2.05) is 18.7 Å². The third-order valence-corrected chi connectivity index (χ3v) is 5.48. The Hall–Kier alpha value is -0.870. The van der Waals surface area contributed by atoms with Crippen molar-refractivity contribution in [1.29, 1.82) is 0 Å². The van der Waals surface area contributed by atoms with Gasteiger partial charge in [-0.3, -0.25) is 9.69 Å². The molecular weight excluding hydrogens is 347 g/mol. The van der Waals surface area contributed by atoms with E-state index < -0.39 is 28.8 Å². The number of amides is 1. The van der Waals surface area contributed by atoms with Gasteiger partial charge >= 0.3 is 6.18 Å². The summed E-state index contributed by atoms with van der Waals surface area (Å²) in [7, 11) is -3.94. The van der Waals surface area contributed by atoms with Gasteiger partial charge in [-0.2, -0.15) is 17.5 Å². The molecule has 0 aromatic heterocycles. The number of halogens is 3. The molecule has 1 aliphatic heterocycles. The maximum absolute atomic E-state index is 12.6. The molecule has 0 spiro atoms. The molecule has 1 saturated heterocycles. The zero-order valence-corrected chi connectivity index (χ0v) is 15.2. The quantitative estimate of drug-likeness (QED) is 0.672. The lowest BCUT2D eigenvalue weighted by Crippen LogP contribution is -2.51. The normalized spacial score (nSPS) is 18.1. The standard InChI is InChI=1S/C14H26F3N3O3S/c1-4-19(5-2)13(21)10-18-8-6-12(7-9-18)20(24(3,22)23)11-14(15,16)17/h12H,4-11H2,1-3H3. The molecule has 0 bridgehead atoms. The van der Waals surface area contributed by atoms with E-state index in [1.54, 1.807) is 4.90 Å². The molecule has 24 heavy (non-hydrogen) atoms. The number of carbonyl (C=O) groups excluding carboxylic acids is 1. The van der Waals surface area contributed by atoms with E-state index >= 15 is 0 Å². The van der Waals surface area contributed by atoms with Crippen LogP contribution in [0.4, 0.5) is 13.2 Å². The molecule has 1 heterocycles. The van der Waals surface area contributed by atoms with Crippen LogP contribution in [0.5, 0.6) is 0 Å². The highest BCUT2D eigenvalue weighted by atomic mass is 32.2. The van der Waals surface area contributed by atoms with Gasteiger partial charge in [0.15, 0.2) is 0 Å².